The van der Waals surface area contributed by atoms with Crippen molar-refractivity contribution < 1.29 is 13.9 Å². The van der Waals surface area contributed by atoms with Crippen molar-refractivity contribution in [3.05, 3.63) is 77.7 Å². The predicted octanol–water partition coefficient (Wildman–Crippen LogP) is 5.17. The van der Waals surface area contributed by atoms with E-state index in [0.29, 0.717) is 17.5 Å². The molecule has 1 heterocycles. The quantitative estimate of drug-likeness (QED) is 0.541. The number of hydrogen-bond donors (Lipinski definition) is 1. The van der Waals surface area contributed by atoms with Crippen LogP contribution in [0, 0.1) is 0 Å². The SMILES string of the molecule is CC(C)(C)OC(=O)NC(Cc1ccccc1)c1nnc(SCc2ccccc2)o1. The highest BCUT2D eigenvalue weighted by Crippen LogP contribution is 2.25. The lowest BCUT2D eigenvalue weighted by Crippen LogP contribution is -2.36. The molecule has 6 nitrogen and oxygen atoms in total. The van der Waals surface area contributed by atoms with E-state index in [2.05, 4.69) is 15.5 Å². The van der Waals surface area contributed by atoms with Gasteiger partial charge in [0, 0.05) is 12.2 Å². The van der Waals surface area contributed by atoms with Crippen LogP contribution in [0.1, 0.15) is 43.8 Å². The van der Waals surface area contributed by atoms with Crippen LogP contribution in [0.3, 0.4) is 0 Å². The van der Waals surface area contributed by atoms with Gasteiger partial charge in [0.15, 0.2) is 0 Å². The molecule has 152 valence electrons. The smallest absolute Gasteiger partial charge is 0.408 e. The monoisotopic (exact) mass is 411 g/mol. The standard InChI is InChI=1S/C22H25N3O3S/c1-22(2,3)28-20(26)23-18(14-16-10-6-4-7-11-16)19-24-25-21(27-19)29-15-17-12-8-5-9-13-17/h4-13,18H,14-15H2,1-3H3,(H,23,26). The molecular formula is C22H25N3O3S. The number of alkyl carbamates (subject to hydrolysis) is 1. The first-order chi connectivity index (χ1) is 13.9. The van der Waals surface area contributed by atoms with Crippen molar-refractivity contribution in [1.29, 1.82) is 0 Å². The van der Waals surface area contributed by atoms with E-state index in [-0.39, 0.29) is 0 Å². The van der Waals surface area contributed by atoms with Gasteiger partial charge in [-0.05, 0) is 31.9 Å². The first-order valence-electron chi connectivity index (χ1n) is 9.42. The van der Waals surface area contributed by atoms with Crippen LogP contribution in [0.15, 0.2) is 70.3 Å². The van der Waals surface area contributed by atoms with E-state index >= 15 is 0 Å². The Morgan fingerprint density at radius 1 is 1.03 bits per heavy atom. The molecule has 3 aromatic rings. The lowest BCUT2D eigenvalue weighted by Gasteiger charge is -2.22. The molecule has 1 unspecified atom stereocenters. The highest BCUT2D eigenvalue weighted by molar-refractivity contribution is 7.98. The van der Waals surface area contributed by atoms with E-state index in [1.54, 1.807) is 0 Å². The molecule has 0 radical (unpaired) electrons. The summed E-state index contributed by atoms with van der Waals surface area (Å²) in [5.41, 5.74) is 1.63. The molecule has 0 aliphatic rings. The van der Waals surface area contributed by atoms with Crippen molar-refractivity contribution in [2.24, 2.45) is 0 Å². The molecule has 0 aliphatic heterocycles. The fourth-order valence-electron chi connectivity index (χ4n) is 2.64. The van der Waals surface area contributed by atoms with Crippen LogP contribution < -0.4 is 5.32 Å². The minimum absolute atomic E-state index is 0.357. The van der Waals surface area contributed by atoms with Crippen LogP contribution in [-0.2, 0) is 16.9 Å². The molecule has 0 fully saturated rings. The minimum atomic E-state index is -0.590. The maximum atomic E-state index is 12.3. The Morgan fingerprint density at radius 3 is 2.28 bits per heavy atom. The summed E-state index contributed by atoms with van der Waals surface area (Å²) in [6, 6.07) is 19.4. The molecule has 7 heteroatoms. The fourth-order valence-corrected chi connectivity index (χ4v) is 3.36. The molecular weight excluding hydrogens is 386 g/mol. The topological polar surface area (TPSA) is 77.2 Å². The van der Waals surface area contributed by atoms with Crippen LogP contribution in [0.4, 0.5) is 4.79 Å². The molecule has 0 bridgehead atoms. The lowest BCUT2D eigenvalue weighted by molar-refractivity contribution is 0.0494. The summed E-state index contributed by atoms with van der Waals surface area (Å²) in [6.45, 7) is 5.47. The summed E-state index contributed by atoms with van der Waals surface area (Å²) < 4.78 is 11.2. The third-order valence-corrected chi connectivity index (χ3v) is 4.79. The first kappa shape index (κ1) is 20.9. The Balaban J connectivity index is 1.71. The summed E-state index contributed by atoms with van der Waals surface area (Å²) in [4.78, 5) is 12.3. The first-order valence-corrected chi connectivity index (χ1v) is 10.4. The van der Waals surface area contributed by atoms with Gasteiger partial charge < -0.3 is 14.5 Å². The van der Waals surface area contributed by atoms with Gasteiger partial charge in [0.05, 0.1) is 0 Å². The molecule has 1 N–H and O–H groups in total. The van der Waals surface area contributed by atoms with Gasteiger partial charge in [-0.3, -0.25) is 0 Å². The average molecular weight is 412 g/mol. The average Bonchev–Trinajstić information content (AvgIpc) is 3.15. The minimum Gasteiger partial charge on any atom is -0.444 e. The number of thioether (sulfide) groups is 1. The molecule has 29 heavy (non-hydrogen) atoms. The molecule has 0 aliphatic carbocycles. The molecule has 3 rings (SSSR count). The fraction of sp³-hybridized carbons (Fsp3) is 0.318. The zero-order chi connectivity index (χ0) is 20.7. The van der Waals surface area contributed by atoms with Gasteiger partial charge in [-0.25, -0.2) is 4.79 Å². The van der Waals surface area contributed by atoms with E-state index in [0.717, 1.165) is 11.3 Å². The molecule has 1 aromatic heterocycles. The second-order valence-corrected chi connectivity index (χ2v) is 8.50. The van der Waals surface area contributed by atoms with Gasteiger partial charge in [-0.1, -0.05) is 72.4 Å². The zero-order valence-corrected chi connectivity index (χ0v) is 17.6. The second kappa shape index (κ2) is 9.60. The Morgan fingerprint density at radius 2 is 1.66 bits per heavy atom. The Labute approximate surface area is 175 Å². The van der Waals surface area contributed by atoms with Crippen LogP contribution in [0.2, 0.25) is 0 Å². The van der Waals surface area contributed by atoms with Crippen LogP contribution >= 0.6 is 11.8 Å². The summed E-state index contributed by atoms with van der Waals surface area (Å²) >= 11 is 1.46. The molecule has 2 aromatic carbocycles. The van der Waals surface area contributed by atoms with Crippen LogP contribution in [-0.4, -0.2) is 21.9 Å². The van der Waals surface area contributed by atoms with Gasteiger partial charge in [0.1, 0.15) is 11.6 Å². The summed E-state index contributed by atoms with van der Waals surface area (Å²) in [5.74, 6) is 1.08. The number of hydrogen-bond acceptors (Lipinski definition) is 6. The van der Waals surface area contributed by atoms with E-state index < -0.39 is 17.7 Å². The van der Waals surface area contributed by atoms with Crippen molar-refractivity contribution in [3.63, 3.8) is 0 Å². The highest BCUT2D eigenvalue weighted by Gasteiger charge is 2.25. The van der Waals surface area contributed by atoms with E-state index in [4.69, 9.17) is 9.15 Å². The third-order valence-electron chi connectivity index (χ3n) is 3.90. The maximum absolute atomic E-state index is 12.3. The third kappa shape index (κ3) is 6.94. The van der Waals surface area contributed by atoms with E-state index in [1.165, 1.54) is 17.3 Å². The number of nitrogens with one attached hydrogen (secondary N) is 1. The largest absolute Gasteiger partial charge is 0.444 e. The number of amides is 1. The number of carbonyl (C=O) groups is 1. The highest BCUT2D eigenvalue weighted by atomic mass is 32.2. The van der Waals surface area contributed by atoms with Gasteiger partial charge in [0.2, 0.25) is 5.89 Å². The van der Waals surface area contributed by atoms with Crippen LogP contribution in [0.5, 0.6) is 0 Å². The predicted molar refractivity (Wildman–Crippen MR) is 113 cm³/mol. The Bertz CT molecular complexity index is 908. The molecule has 0 saturated heterocycles. The molecule has 1 atom stereocenters. The zero-order valence-electron chi connectivity index (χ0n) is 16.8. The molecule has 1 amide bonds. The number of nitrogens with zero attached hydrogens (tertiary/aromatic N) is 2. The van der Waals surface area contributed by atoms with Crippen molar-refractivity contribution in [1.82, 2.24) is 15.5 Å². The summed E-state index contributed by atoms with van der Waals surface area (Å²) in [5, 5.41) is 11.6. The number of carbonyl (C=O) groups excluding carboxylic acids is 1. The molecule has 0 spiro atoms. The normalized spacial score (nSPS) is 12.4. The van der Waals surface area contributed by atoms with E-state index in [9.17, 15) is 4.79 Å². The van der Waals surface area contributed by atoms with Crippen molar-refractivity contribution >= 4 is 17.9 Å². The number of rotatable bonds is 7. The van der Waals surface area contributed by atoms with Gasteiger partial charge in [-0.15, -0.1) is 10.2 Å². The molecule has 0 saturated carbocycles. The number of aromatic nitrogens is 2. The van der Waals surface area contributed by atoms with Crippen molar-refractivity contribution in [3.8, 4) is 0 Å². The lowest BCUT2D eigenvalue weighted by atomic mass is 10.1. The van der Waals surface area contributed by atoms with Crippen molar-refractivity contribution in [2.45, 2.75) is 49.8 Å². The summed E-state index contributed by atoms with van der Waals surface area (Å²) in [6.07, 6.45) is 0.000509. The Kier molecular flexibility index (Phi) is 6.93. The van der Waals surface area contributed by atoms with Gasteiger partial charge in [0.25, 0.3) is 5.22 Å². The second-order valence-electron chi connectivity index (χ2n) is 7.57. The Hall–Kier alpha value is -2.80. The van der Waals surface area contributed by atoms with Crippen molar-refractivity contribution in [2.75, 3.05) is 0 Å². The summed E-state index contributed by atoms with van der Waals surface area (Å²) in [7, 11) is 0. The van der Waals surface area contributed by atoms with Crippen LogP contribution in [0.25, 0.3) is 0 Å². The maximum Gasteiger partial charge on any atom is 0.408 e. The van der Waals surface area contributed by atoms with E-state index in [1.807, 2.05) is 81.4 Å². The van der Waals surface area contributed by atoms with Gasteiger partial charge >= 0.3 is 6.09 Å². The number of benzene rings is 2. The van der Waals surface area contributed by atoms with Gasteiger partial charge in [-0.2, -0.15) is 0 Å². The number of ether oxygens (including phenoxy) is 1.